The summed E-state index contributed by atoms with van der Waals surface area (Å²) in [5.41, 5.74) is 0.909. The van der Waals surface area contributed by atoms with E-state index in [9.17, 15) is 4.79 Å². The fourth-order valence-corrected chi connectivity index (χ4v) is 3.77. The van der Waals surface area contributed by atoms with Gasteiger partial charge in [-0.1, -0.05) is 15.9 Å². The highest BCUT2D eigenvalue weighted by Gasteiger charge is 2.35. The van der Waals surface area contributed by atoms with Crippen LogP contribution in [0, 0.1) is 5.92 Å². The summed E-state index contributed by atoms with van der Waals surface area (Å²) in [7, 11) is 0. The molecule has 18 heavy (non-hydrogen) atoms. The quantitative estimate of drug-likeness (QED) is 0.755. The fourth-order valence-electron chi connectivity index (χ4n) is 3.24. The average Bonchev–Trinajstić information content (AvgIpc) is 2.39. The molecule has 2 aliphatic carbocycles. The van der Waals surface area contributed by atoms with Crippen molar-refractivity contribution in [1.29, 1.82) is 0 Å². The van der Waals surface area contributed by atoms with Crippen LogP contribution in [-0.2, 0) is 9.53 Å². The van der Waals surface area contributed by atoms with Gasteiger partial charge in [0, 0.05) is 17.2 Å². The number of carbonyl (C=O) groups is 1. The lowest BCUT2D eigenvalue weighted by Gasteiger charge is -2.37. The summed E-state index contributed by atoms with van der Waals surface area (Å²) in [6.07, 6.45) is 8.71. The molecule has 0 aromatic rings. The van der Waals surface area contributed by atoms with Crippen molar-refractivity contribution in [2.75, 3.05) is 0 Å². The summed E-state index contributed by atoms with van der Waals surface area (Å²) in [5, 5.41) is 3.07. The Morgan fingerprint density at radius 3 is 2.61 bits per heavy atom. The molecule has 100 valence electrons. The number of amides is 1. The minimum absolute atomic E-state index is 0.0747. The van der Waals surface area contributed by atoms with Crippen molar-refractivity contribution in [2.45, 2.75) is 62.4 Å². The molecule has 1 amide bonds. The van der Waals surface area contributed by atoms with E-state index in [1.807, 2.05) is 0 Å². The second kappa shape index (κ2) is 5.24. The number of ether oxygens (including phenoxy) is 1. The van der Waals surface area contributed by atoms with Gasteiger partial charge in [0.15, 0.2) is 6.23 Å². The maximum absolute atomic E-state index is 12.1. The Morgan fingerprint density at radius 1 is 1.11 bits per heavy atom. The van der Waals surface area contributed by atoms with E-state index in [-0.39, 0.29) is 12.1 Å². The van der Waals surface area contributed by atoms with Crippen molar-refractivity contribution in [3.63, 3.8) is 0 Å². The Hall–Kier alpha value is -0.510. The molecule has 1 heterocycles. The third-order valence-electron chi connectivity index (χ3n) is 4.36. The number of hydrogen-bond acceptors (Lipinski definition) is 2. The van der Waals surface area contributed by atoms with E-state index < -0.39 is 0 Å². The van der Waals surface area contributed by atoms with Crippen LogP contribution in [0.4, 0.5) is 0 Å². The van der Waals surface area contributed by atoms with E-state index in [4.69, 9.17) is 4.74 Å². The Morgan fingerprint density at radius 2 is 1.83 bits per heavy atom. The van der Waals surface area contributed by atoms with Crippen LogP contribution in [0.1, 0.15) is 51.4 Å². The summed E-state index contributed by atoms with van der Waals surface area (Å²) < 4.78 is 6.07. The largest absolute Gasteiger partial charge is 0.474 e. The Kier molecular flexibility index (Phi) is 3.64. The van der Waals surface area contributed by atoms with E-state index in [0.29, 0.717) is 10.7 Å². The molecule has 0 aromatic heterocycles. The zero-order valence-corrected chi connectivity index (χ0v) is 12.2. The molecule has 0 bridgehead atoms. The second-order valence-electron chi connectivity index (χ2n) is 5.63. The number of alkyl halides is 1. The highest BCUT2D eigenvalue weighted by Crippen LogP contribution is 2.36. The standard InChI is InChI=1S/C14H20BrNO2/c15-10-7-5-9(6-8-10)14-16-13(17)11-3-1-2-4-12(11)18-14/h9-10,14H,1-8H2,(H,16,17). The molecule has 1 atom stereocenters. The zero-order chi connectivity index (χ0) is 12.5. The molecule has 0 saturated heterocycles. The Bertz CT molecular complexity index is 372. The van der Waals surface area contributed by atoms with Crippen molar-refractivity contribution in [1.82, 2.24) is 5.32 Å². The normalized spacial score (nSPS) is 36.7. The first kappa shape index (κ1) is 12.5. The molecular formula is C14H20BrNO2. The lowest BCUT2D eigenvalue weighted by Crippen LogP contribution is -2.48. The topological polar surface area (TPSA) is 38.3 Å². The van der Waals surface area contributed by atoms with Crippen LogP contribution in [0.5, 0.6) is 0 Å². The van der Waals surface area contributed by atoms with Gasteiger partial charge in [0.2, 0.25) is 0 Å². The van der Waals surface area contributed by atoms with Gasteiger partial charge < -0.3 is 10.1 Å². The van der Waals surface area contributed by atoms with Gasteiger partial charge in [0.1, 0.15) is 5.76 Å². The smallest absolute Gasteiger partial charge is 0.253 e. The molecule has 3 nitrogen and oxygen atoms in total. The van der Waals surface area contributed by atoms with E-state index in [0.717, 1.165) is 49.9 Å². The third-order valence-corrected chi connectivity index (χ3v) is 5.28. The molecule has 4 heteroatoms. The summed E-state index contributed by atoms with van der Waals surface area (Å²) in [4.78, 5) is 12.7. The predicted molar refractivity (Wildman–Crippen MR) is 73.2 cm³/mol. The van der Waals surface area contributed by atoms with Crippen molar-refractivity contribution < 1.29 is 9.53 Å². The van der Waals surface area contributed by atoms with Crippen molar-refractivity contribution in [3.8, 4) is 0 Å². The van der Waals surface area contributed by atoms with Gasteiger partial charge in [-0.2, -0.15) is 0 Å². The van der Waals surface area contributed by atoms with Crippen LogP contribution in [0.3, 0.4) is 0 Å². The predicted octanol–water partition coefficient (Wildman–Crippen LogP) is 3.24. The molecule has 1 aliphatic heterocycles. The van der Waals surface area contributed by atoms with E-state index in [1.54, 1.807) is 0 Å². The first-order valence-electron chi connectivity index (χ1n) is 7.07. The van der Waals surface area contributed by atoms with Crippen LogP contribution in [-0.4, -0.2) is 17.0 Å². The van der Waals surface area contributed by atoms with Gasteiger partial charge in [-0.05, 0) is 44.9 Å². The monoisotopic (exact) mass is 313 g/mol. The number of halogens is 1. The summed E-state index contributed by atoms with van der Waals surface area (Å²) in [6, 6.07) is 0. The summed E-state index contributed by atoms with van der Waals surface area (Å²) in [5.74, 6) is 1.59. The van der Waals surface area contributed by atoms with Gasteiger partial charge >= 0.3 is 0 Å². The van der Waals surface area contributed by atoms with Gasteiger partial charge in [-0.25, -0.2) is 0 Å². The van der Waals surface area contributed by atoms with Gasteiger partial charge in [0.05, 0.1) is 5.57 Å². The lowest BCUT2D eigenvalue weighted by molar-refractivity contribution is -0.126. The molecule has 0 radical (unpaired) electrons. The summed E-state index contributed by atoms with van der Waals surface area (Å²) in [6.45, 7) is 0. The molecule has 0 spiro atoms. The minimum Gasteiger partial charge on any atom is -0.474 e. The van der Waals surface area contributed by atoms with Crippen molar-refractivity contribution in [2.24, 2.45) is 5.92 Å². The molecule has 1 N–H and O–H groups in total. The van der Waals surface area contributed by atoms with Crippen LogP contribution in [0.25, 0.3) is 0 Å². The molecule has 3 aliphatic rings. The highest BCUT2D eigenvalue weighted by molar-refractivity contribution is 9.09. The maximum atomic E-state index is 12.1. The van der Waals surface area contributed by atoms with Gasteiger partial charge in [-0.3, -0.25) is 4.79 Å². The van der Waals surface area contributed by atoms with E-state index >= 15 is 0 Å². The molecular weight excluding hydrogens is 294 g/mol. The molecule has 0 aromatic carbocycles. The van der Waals surface area contributed by atoms with Gasteiger partial charge in [0.25, 0.3) is 5.91 Å². The van der Waals surface area contributed by atoms with Crippen LogP contribution < -0.4 is 5.32 Å². The fraction of sp³-hybridized carbons (Fsp3) is 0.786. The number of hydrogen-bond donors (Lipinski definition) is 1. The van der Waals surface area contributed by atoms with Crippen LogP contribution in [0.2, 0.25) is 0 Å². The van der Waals surface area contributed by atoms with Crippen LogP contribution in [0.15, 0.2) is 11.3 Å². The van der Waals surface area contributed by atoms with Gasteiger partial charge in [-0.15, -0.1) is 0 Å². The second-order valence-corrected chi connectivity index (χ2v) is 6.93. The van der Waals surface area contributed by atoms with E-state index in [2.05, 4.69) is 21.2 Å². The maximum Gasteiger partial charge on any atom is 0.253 e. The minimum atomic E-state index is -0.0747. The van der Waals surface area contributed by atoms with Crippen LogP contribution >= 0.6 is 15.9 Å². The number of carbonyl (C=O) groups excluding carboxylic acids is 1. The first-order chi connectivity index (χ1) is 8.74. The first-order valence-corrected chi connectivity index (χ1v) is 7.99. The summed E-state index contributed by atoms with van der Waals surface area (Å²) >= 11 is 3.67. The van der Waals surface area contributed by atoms with Crippen molar-refractivity contribution in [3.05, 3.63) is 11.3 Å². The zero-order valence-electron chi connectivity index (χ0n) is 10.6. The molecule has 3 rings (SSSR count). The van der Waals surface area contributed by atoms with Crippen molar-refractivity contribution >= 4 is 21.8 Å². The number of nitrogens with one attached hydrogen (secondary N) is 1. The molecule has 1 unspecified atom stereocenters. The van der Waals surface area contributed by atoms with E-state index in [1.165, 1.54) is 12.8 Å². The molecule has 1 saturated carbocycles. The number of rotatable bonds is 1. The SMILES string of the molecule is O=C1NC(C2CCC(Br)CC2)OC2=C1CCCC2. The Labute approximate surface area is 116 Å². The third kappa shape index (κ3) is 2.44. The highest BCUT2D eigenvalue weighted by atomic mass is 79.9. The average molecular weight is 314 g/mol. The number of allylic oxidation sites excluding steroid dienone is 1. The lowest BCUT2D eigenvalue weighted by atomic mass is 9.86. The molecule has 1 fully saturated rings. The Balaban J connectivity index is 1.69.